The van der Waals surface area contributed by atoms with Crippen LogP contribution in [0.5, 0.6) is 5.75 Å². The van der Waals surface area contributed by atoms with Crippen LogP contribution in [-0.2, 0) is 0 Å². The molecule has 0 unspecified atom stereocenters. The Balaban J connectivity index is 1.95. The van der Waals surface area contributed by atoms with E-state index >= 15 is 0 Å². The Labute approximate surface area is 150 Å². The van der Waals surface area contributed by atoms with Crippen LogP contribution in [0.1, 0.15) is 23.7 Å². The monoisotopic (exact) mass is 359 g/mol. The number of ether oxygens (including phenoxy) is 1. The SMILES string of the molecule is CCCOc1cccc(C(=O)NC(=S)Nc2ccc([N+](=O)[O-])cc2)c1. The van der Waals surface area contributed by atoms with Crippen LogP contribution in [0.3, 0.4) is 0 Å². The van der Waals surface area contributed by atoms with E-state index < -0.39 is 4.92 Å². The van der Waals surface area contributed by atoms with Crippen molar-refractivity contribution >= 4 is 34.6 Å². The van der Waals surface area contributed by atoms with Gasteiger partial charge < -0.3 is 10.1 Å². The third kappa shape index (κ3) is 5.54. The summed E-state index contributed by atoms with van der Waals surface area (Å²) in [6, 6.07) is 12.5. The lowest BCUT2D eigenvalue weighted by molar-refractivity contribution is -0.384. The largest absolute Gasteiger partial charge is 0.494 e. The fourth-order valence-electron chi connectivity index (χ4n) is 1.95. The van der Waals surface area contributed by atoms with Gasteiger partial charge in [0.25, 0.3) is 11.6 Å². The Morgan fingerprint density at radius 3 is 2.60 bits per heavy atom. The Bertz CT molecular complexity index is 778. The lowest BCUT2D eigenvalue weighted by Gasteiger charge is -2.10. The van der Waals surface area contributed by atoms with Crippen molar-refractivity contribution in [2.75, 3.05) is 11.9 Å². The number of nitro groups is 1. The van der Waals surface area contributed by atoms with Gasteiger partial charge in [0.2, 0.25) is 0 Å². The fraction of sp³-hybridized carbons (Fsp3) is 0.176. The minimum Gasteiger partial charge on any atom is -0.494 e. The number of rotatable bonds is 6. The molecule has 0 heterocycles. The number of carbonyl (C=O) groups excluding carboxylic acids is 1. The molecule has 2 rings (SSSR count). The molecule has 0 aliphatic heterocycles. The molecule has 7 nitrogen and oxygen atoms in total. The molecule has 0 aliphatic rings. The zero-order valence-electron chi connectivity index (χ0n) is 13.5. The quantitative estimate of drug-likeness (QED) is 0.466. The predicted octanol–water partition coefficient (Wildman–Crippen LogP) is 3.51. The van der Waals surface area contributed by atoms with Crippen LogP contribution in [0.4, 0.5) is 11.4 Å². The third-order valence-corrected chi connectivity index (χ3v) is 3.34. The molecule has 0 aromatic heterocycles. The number of hydrogen-bond acceptors (Lipinski definition) is 5. The number of nitrogens with zero attached hydrogens (tertiary/aromatic N) is 1. The van der Waals surface area contributed by atoms with Crippen LogP contribution < -0.4 is 15.4 Å². The summed E-state index contributed by atoms with van der Waals surface area (Å²) in [5, 5.41) is 16.1. The molecule has 2 aromatic carbocycles. The van der Waals surface area contributed by atoms with E-state index in [4.69, 9.17) is 17.0 Å². The van der Waals surface area contributed by atoms with E-state index in [1.807, 2.05) is 6.92 Å². The highest BCUT2D eigenvalue weighted by Gasteiger charge is 2.10. The Morgan fingerprint density at radius 1 is 1.24 bits per heavy atom. The summed E-state index contributed by atoms with van der Waals surface area (Å²) in [5.74, 6) is 0.241. The van der Waals surface area contributed by atoms with Gasteiger partial charge in [-0.2, -0.15) is 0 Å². The summed E-state index contributed by atoms with van der Waals surface area (Å²) >= 11 is 5.09. The minimum atomic E-state index is -0.489. The smallest absolute Gasteiger partial charge is 0.269 e. The van der Waals surface area contributed by atoms with Crippen LogP contribution >= 0.6 is 12.2 Å². The van der Waals surface area contributed by atoms with Gasteiger partial charge in [-0.05, 0) is 49.0 Å². The van der Waals surface area contributed by atoms with Crippen molar-refractivity contribution in [3.05, 3.63) is 64.2 Å². The van der Waals surface area contributed by atoms with Gasteiger partial charge in [-0.3, -0.25) is 20.2 Å². The molecule has 2 aromatic rings. The zero-order valence-corrected chi connectivity index (χ0v) is 14.3. The van der Waals surface area contributed by atoms with Crippen molar-refractivity contribution in [1.29, 1.82) is 0 Å². The Hall–Kier alpha value is -3.00. The maximum absolute atomic E-state index is 12.2. The molecule has 2 N–H and O–H groups in total. The molecule has 1 amide bonds. The number of nitro benzene ring substituents is 1. The van der Waals surface area contributed by atoms with Crippen molar-refractivity contribution in [2.24, 2.45) is 0 Å². The molecule has 0 aliphatic carbocycles. The molecule has 0 spiro atoms. The summed E-state index contributed by atoms with van der Waals surface area (Å²) in [7, 11) is 0. The molecular weight excluding hydrogens is 342 g/mol. The average Bonchev–Trinajstić information content (AvgIpc) is 2.60. The third-order valence-electron chi connectivity index (χ3n) is 3.13. The summed E-state index contributed by atoms with van der Waals surface area (Å²) in [6.45, 7) is 2.57. The Kier molecular flexibility index (Phi) is 6.41. The zero-order chi connectivity index (χ0) is 18.2. The number of non-ortho nitro benzene ring substituents is 1. The molecule has 25 heavy (non-hydrogen) atoms. The van der Waals surface area contributed by atoms with Gasteiger partial charge >= 0.3 is 0 Å². The standard InChI is InChI=1S/C17H17N3O4S/c1-2-10-24-15-5-3-4-12(11-15)16(21)19-17(25)18-13-6-8-14(9-7-13)20(22)23/h3-9,11H,2,10H2,1H3,(H2,18,19,21,25). The normalized spacial score (nSPS) is 9.96. The van der Waals surface area contributed by atoms with Gasteiger partial charge in [-0.15, -0.1) is 0 Å². The highest BCUT2D eigenvalue weighted by atomic mass is 32.1. The molecule has 0 atom stereocenters. The van der Waals surface area contributed by atoms with Crippen molar-refractivity contribution < 1.29 is 14.5 Å². The predicted molar refractivity (Wildman–Crippen MR) is 99.0 cm³/mol. The lowest BCUT2D eigenvalue weighted by atomic mass is 10.2. The average molecular weight is 359 g/mol. The highest BCUT2D eigenvalue weighted by Crippen LogP contribution is 2.16. The molecule has 0 fully saturated rings. The first kappa shape index (κ1) is 18.3. The van der Waals surface area contributed by atoms with Crippen LogP contribution in [0.15, 0.2) is 48.5 Å². The highest BCUT2D eigenvalue weighted by molar-refractivity contribution is 7.80. The van der Waals surface area contributed by atoms with Gasteiger partial charge in [0.05, 0.1) is 11.5 Å². The van der Waals surface area contributed by atoms with Crippen molar-refractivity contribution in [3.63, 3.8) is 0 Å². The van der Waals surface area contributed by atoms with Gasteiger partial charge in [0, 0.05) is 23.4 Å². The fourth-order valence-corrected chi connectivity index (χ4v) is 2.16. The molecule has 0 bridgehead atoms. The molecule has 0 saturated carbocycles. The van der Waals surface area contributed by atoms with Crippen molar-refractivity contribution in [2.45, 2.75) is 13.3 Å². The van der Waals surface area contributed by atoms with Crippen molar-refractivity contribution in [3.8, 4) is 5.75 Å². The molecular formula is C17H17N3O4S. The summed E-state index contributed by atoms with van der Waals surface area (Å²) < 4.78 is 5.49. The van der Waals surface area contributed by atoms with Crippen LogP contribution in [-0.4, -0.2) is 22.5 Å². The molecule has 0 radical (unpaired) electrons. The second-order valence-electron chi connectivity index (χ2n) is 5.09. The van der Waals surface area contributed by atoms with E-state index in [1.165, 1.54) is 24.3 Å². The maximum Gasteiger partial charge on any atom is 0.269 e. The number of hydrogen-bond donors (Lipinski definition) is 2. The minimum absolute atomic E-state index is 0.0237. The number of thiocarbonyl (C=S) groups is 1. The van der Waals surface area contributed by atoms with Gasteiger partial charge in [-0.25, -0.2) is 0 Å². The van der Waals surface area contributed by atoms with Crippen LogP contribution in [0.25, 0.3) is 0 Å². The molecule has 8 heteroatoms. The van der Waals surface area contributed by atoms with E-state index in [9.17, 15) is 14.9 Å². The number of carbonyl (C=O) groups is 1. The van der Waals surface area contributed by atoms with Gasteiger partial charge in [0.15, 0.2) is 5.11 Å². The van der Waals surface area contributed by atoms with E-state index in [0.717, 1.165) is 6.42 Å². The van der Waals surface area contributed by atoms with Crippen molar-refractivity contribution in [1.82, 2.24) is 5.32 Å². The van der Waals surface area contributed by atoms with E-state index in [2.05, 4.69) is 10.6 Å². The van der Waals surface area contributed by atoms with Gasteiger partial charge in [-0.1, -0.05) is 13.0 Å². The molecule has 0 saturated heterocycles. The maximum atomic E-state index is 12.2. The number of amides is 1. The first-order valence-corrected chi connectivity index (χ1v) is 8.00. The number of anilines is 1. The van der Waals surface area contributed by atoms with Crippen LogP contribution in [0.2, 0.25) is 0 Å². The topological polar surface area (TPSA) is 93.5 Å². The van der Waals surface area contributed by atoms with E-state index in [1.54, 1.807) is 24.3 Å². The lowest BCUT2D eigenvalue weighted by Crippen LogP contribution is -2.34. The first-order chi connectivity index (χ1) is 12.0. The Morgan fingerprint density at radius 2 is 1.96 bits per heavy atom. The van der Waals surface area contributed by atoms with E-state index in [0.29, 0.717) is 23.6 Å². The first-order valence-electron chi connectivity index (χ1n) is 7.59. The second-order valence-corrected chi connectivity index (χ2v) is 5.50. The summed E-state index contributed by atoms with van der Waals surface area (Å²) in [4.78, 5) is 22.4. The number of benzene rings is 2. The summed E-state index contributed by atoms with van der Waals surface area (Å²) in [6.07, 6.45) is 0.875. The molecule has 130 valence electrons. The second kappa shape index (κ2) is 8.74. The van der Waals surface area contributed by atoms with E-state index in [-0.39, 0.29) is 16.7 Å². The van der Waals surface area contributed by atoms with Gasteiger partial charge in [0.1, 0.15) is 5.75 Å². The summed E-state index contributed by atoms with van der Waals surface area (Å²) in [5.41, 5.74) is 0.932. The van der Waals surface area contributed by atoms with Crippen LogP contribution in [0, 0.1) is 10.1 Å². The number of nitrogens with one attached hydrogen (secondary N) is 2.